The van der Waals surface area contributed by atoms with E-state index in [1.54, 1.807) is 18.3 Å². The van der Waals surface area contributed by atoms with Crippen molar-refractivity contribution in [3.8, 4) is 11.3 Å². The molecular weight excluding hydrogens is 282 g/mol. The number of esters is 1. The highest BCUT2D eigenvalue weighted by Gasteiger charge is 2.46. The van der Waals surface area contributed by atoms with E-state index in [9.17, 15) is 15.0 Å². The smallest absolute Gasteiger partial charge is 0.378 e. The number of aryl methyl sites for hydroxylation is 1. The molecule has 3 rings (SSSR count). The van der Waals surface area contributed by atoms with Crippen LogP contribution in [0.15, 0.2) is 54.1 Å². The second-order valence-corrected chi connectivity index (χ2v) is 5.42. The fourth-order valence-electron chi connectivity index (χ4n) is 2.40. The fourth-order valence-corrected chi connectivity index (χ4v) is 2.40. The number of benzene rings is 1. The average Bonchev–Trinajstić information content (AvgIpc) is 2.73. The Labute approximate surface area is 127 Å². The maximum atomic E-state index is 11.4. The minimum Gasteiger partial charge on any atom is -0.505 e. The Balaban J connectivity index is 1.95. The first kappa shape index (κ1) is 14.1. The van der Waals surface area contributed by atoms with Gasteiger partial charge >= 0.3 is 5.97 Å². The maximum absolute atomic E-state index is 11.4. The van der Waals surface area contributed by atoms with Gasteiger partial charge in [-0.15, -0.1) is 0 Å². The van der Waals surface area contributed by atoms with Crippen LogP contribution >= 0.6 is 0 Å². The predicted octanol–water partition coefficient (Wildman–Crippen LogP) is 3.16. The molecular formula is C17H15NO4. The minimum atomic E-state index is -1.36. The Morgan fingerprint density at radius 1 is 1.09 bits per heavy atom. The zero-order valence-corrected chi connectivity index (χ0v) is 12.2. The Hall–Kier alpha value is -2.82. The molecule has 1 unspecified atom stereocenters. The summed E-state index contributed by atoms with van der Waals surface area (Å²) in [6.07, 6.45) is 1.79. The summed E-state index contributed by atoms with van der Waals surface area (Å²) in [5.41, 5.74) is 2.02. The van der Waals surface area contributed by atoms with Crippen LogP contribution in [-0.4, -0.2) is 21.2 Å². The van der Waals surface area contributed by atoms with E-state index in [0.29, 0.717) is 5.56 Å². The van der Waals surface area contributed by atoms with Gasteiger partial charge in [-0.3, -0.25) is 4.98 Å². The van der Waals surface area contributed by atoms with Crippen molar-refractivity contribution in [2.24, 2.45) is 0 Å². The molecule has 0 bridgehead atoms. The van der Waals surface area contributed by atoms with Crippen LogP contribution in [0, 0.1) is 6.92 Å². The van der Waals surface area contributed by atoms with Crippen molar-refractivity contribution in [3.05, 3.63) is 65.2 Å². The molecule has 2 heterocycles. The number of rotatable bonds is 2. The first-order valence-electron chi connectivity index (χ1n) is 6.81. The van der Waals surface area contributed by atoms with Crippen molar-refractivity contribution in [2.45, 2.75) is 19.4 Å². The van der Waals surface area contributed by atoms with Crippen molar-refractivity contribution in [1.82, 2.24) is 4.98 Å². The molecule has 1 aromatic carbocycles. The van der Waals surface area contributed by atoms with Crippen LogP contribution in [0.4, 0.5) is 0 Å². The summed E-state index contributed by atoms with van der Waals surface area (Å²) in [6.45, 7) is 3.50. The largest absolute Gasteiger partial charge is 0.505 e. The van der Waals surface area contributed by atoms with E-state index >= 15 is 0 Å². The summed E-state index contributed by atoms with van der Waals surface area (Å²) in [5, 5.41) is 19.4. The molecule has 0 amide bonds. The Morgan fingerprint density at radius 3 is 2.27 bits per heavy atom. The number of hydrogen-bond acceptors (Lipinski definition) is 5. The molecule has 0 fully saturated rings. The van der Waals surface area contributed by atoms with Gasteiger partial charge in [-0.1, -0.05) is 30.3 Å². The van der Waals surface area contributed by atoms with Gasteiger partial charge in [0.25, 0.3) is 0 Å². The minimum absolute atomic E-state index is 0.473. The van der Waals surface area contributed by atoms with Gasteiger partial charge in [0.2, 0.25) is 5.76 Å². The van der Waals surface area contributed by atoms with Crippen molar-refractivity contribution < 1.29 is 19.7 Å². The van der Waals surface area contributed by atoms with Crippen LogP contribution < -0.4 is 0 Å². The quantitative estimate of drug-likeness (QED) is 0.832. The number of ether oxygens (including phenoxy) is 1. The lowest BCUT2D eigenvalue weighted by atomic mass is 9.93. The molecule has 0 spiro atoms. The molecule has 2 aromatic rings. The van der Waals surface area contributed by atoms with Crippen LogP contribution in [0.1, 0.15) is 18.1 Å². The molecule has 2 N–H and O–H groups in total. The standard InChI is InChI=1S/C17H15NO4/c1-10-3-8-13(18-9-10)11-4-6-12(7-5-11)17(2)15(20)14(19)16(21)22-17/h3-9,19-20H,1-2H3. The molecule has 0 saturated heterocycles. The predicted molar refractivity (Wildman–Crippen MR) is 80.1 cm³/mol. The second-order valence-electron chi connectivity index (χ2n) is 5.42. The third-order valence-electron chi connectivity index (χ3n) is 3.81. The third-order valence-corrected chi connectivity index (χ3v) is 3.81. The van der Waals surface area contributed by atoms with Gasteiger partial charge in [0.1, 0.15) is 0 Å². The van der Waals surface area contributed by atoms with Gasteiger partial charge in [-0.2, -0.15) is 0 Å². The first-order chi connectivity index (χ1) is 10.4. The van der Waals surface area contributed by atoms with Gasteiger partial charge in [0.05, 0.1) is 5.69 Å². The molecule has 1 aliphatic rings. The van der Waals surface area contributed by atoms with Crippen LogP contribution in [0.3, 0.4) is 0 Å². The lowest BCUT2D eigenvalue weighted by Crippen LogP contribution is -2.25. The highest BCUT2D eigenvalue weighted by atomic mass is 16.6. The average molecular weight is 297 g/mol. The number of nitrogens with zero attached hydrogens (tertiary/aromatic N) is 1. The van der Waals surface area contributed by atoms with Gasteiger partial charge in [0, 0.05) is 17.3 Å². The van der Waals surface area contributed by atoms with E-state index in [1.165, 1.54) is 6.92 Å². The number of carbonyl (C=O) groups excluding carboxylic acids is 1. The van der Waals surface area contributed by atoms with E-state index in [0.717, 1.165) is 16.8 Å². The molecule has 1 aliphatic heterocycles. The molecule has 5 heteroatoms. The van der Waals surface area contributed by atoms with E-state index in [2.05, 4.69) is 4.98 Å². The number of aliphatic hydroxyl groups is 2. The maximum Gasteiger partial charge on any atom is 0.378 e. The van der Waals surface area contributed by atoms with Gasteiger partial charge < -0.3 is 14.9 Å². The normalized spacial score (nSPS) is 21.1. The van der Waals surface area contributed by atoms with E-state index in [1.807, 2.05) is 31.2 Å². The number of cyclic esters (lactones) is 1. The van der Waals surface area contributed by atoms with Gasteiger partial charge in [0.15, 0.2) is 11.4 Å². The monoisotopic (exact) mass is 297 g/mol. The van der Waals surface area contributed by atoms with E-state index < -0.39 is 23.1 Å². The first-order valence-corrected chi connectivity index (χ1v) is 6.81. The molecule has 1 aromatic heterocycles. The van der Waals surface area contributed by atoms with E-state index in [4.69, 9.17) is 4.74 Å². The van der Waals surface area contributed by atoms with Crippen molar-refractivity contribution >= 4 is 5.97 Å². The number of carbonyl (C=O) groups is 1. The zero-order chi connectivity index (χ0) is 15.9. The zero-order valence-electron chi connectivity index (χ0n) is 12.2. The summed E-state index contributed by atoms with van der Waals surface area (Å²) in [5.74, 6) is -2.14. The second kappa shape index (κ2) is 4.87. The third kappa shape index (κ3) is 2.11. The molecule has 112 valence electrons. The van der Waals surface area contributed by atoms with Crippen molar-refractivity contribution in [1.29, 1.82) is 0 Å². The fraction of sp³-hybridized carbons (Fsp3) is 0.176. The van der Waals surface area contributed by atoms with Crippen LogP contribution in [-0.2, 0) is 15.1 Å². The SMILES string of the molecule is Cc1ccc(-c2ccc(C3(C)OC(=O)C(O)=C3O)cc2)nc1. The topological polar surface area (TPSA) is 79.7 Å². The molecule has 0 aliphatic carbocycles. The number of aromatic nitrogens is 1. The van der Waals surface area contributed by atoms with Gasteiger partial charge in [-0.05, 0) is 25.5 Å². The molecule has 1 atom stereocenters. The number of hydrogen-bond donors (Lipinski definition) is 2. The summed E-state index contributed by atoms with van der Waals surface area (Å²) < 4.78 is 5.09. The van der Waals surface area contributed by atoms with Crippen LogP contribution in [0.25, 0.3) is 11.3 Å². The van der Waals surface area contributed by atoms with Crippen molar-refractivity contribution in [2.75, 3.05) is 0 Å². The molecule has 5 nitrogen and oxygen atoms in total. The Morgan fingerprint density at radius 2 is 1.77 bits per heavy atom. The molecule has 0 saturated carbocycles. The lowest BCUT2D eigenvalue weighted by molar-refractivity contribution is -0.149. The summed E-state index contributed by atoms with van der Waals surface area (Å²) in [7, 11) is 0. The van der Waals surface area contributed by atoms with Crippen LogP contribution in [0.2, 0.25) is 0 Å². The van der Waals surface area contributed by atoms with E-state index in [-0.39, 0.29) is 0 Å². The Kier molecular flexibility index (Phi) is 3.13. The summed E-state index contributed by atoms with van der Waals surface area (Å²) in [4.78, 5) is 15.7. The Bertz CT molecular complexity index is 762. The molecule has 0 radical (unpaired) electrons. The number of pyridine rings is 1. The molecule has 22 heavy (non-hydrogen) atoms. The van der Waals surface area contributed by atoms with Crippen LogP contribution in [0.5, 0.6) is 0 Å². The lowest BCUT2D eigenvalue weighted by Gasteiger charge is -2.23. The van der Waals surface area contributed by atoms with Crippen molar-refractivity contribution in [3.63, 3.8) is 0 Å². The van der Waals surface area contributed by atoms with Gasteiger partial charge in [-0.25, -0.2) is 4.79 Å². The highest BCUT2D eigenvalue weighted by molar-refractivity contribution is 5.90. The summed E-state index contributed by atoms with van der Waals surface area (Å²) in [6, 6.07) is 11.0. The summed E-state index contributed by atoms with van der Waals surface area (Å²) >= 11 is 0. The highest BCUT2D eigenvalue weighted by Crippen LogP contribution is 2.39. The number of aliphatic hydroxyl groups excluding tert-OH is 2.